The second kappa shape index (κ2) is 8.81. The molecule has 0 spiro atoms. The van der Waals surface area contributed by atoms with Gasteiger partial charge in [-0.1, -0.05) is 67.3 Å². The Morgan fingerprint density at radius 2 is 1.63 bits per heavy atom. The van der Waals surface area contributed by atoms with E-state index < -0.39 is 15.2 Å². The highest BCUT2D eigenvalue weighted by atomic mass is 32.2. The van der Waals surface area contributed by atoms with Crippen molar-refractivity contribution in [3.8, 4) is 0 Å². The molecule has 2 aromatic carbocycles. The second-order valence-electron chi connectivity index (χ2n) is 7.35. The summed E-state index contributed by atoms with van der Waals surface area (Å²) in [5, 5.41) is 2.38. The molecule has 5 heteroatoms. The fraction of sp³-hybridized carbons (Fsp3) is 0.409. The topological polar surface area (TPSA) is 63.2 Å². The van der Waals surface area contributed by atoms with E-state index in [0.29, 0.717) is 10.5 Å². The molecule has 1 N–H and O–H groups in total. The molecular weight excluding hydrogens is 358 g/mol. The van der Waals surface area contributed by atoms with Gasteiger partial charge in [-0.2, -0.15) is 0 Å². The summed E-state index contributed by atoms with van der Waals surface area (Å²) in [4.78, 5) is 12.8. The van der Waals surface area contributed by atoms with E-state index in [9.17, 15) is 13.2 Å². The van der Waals surface area contributed by atoms with Crippen LogP contribution in [0.25, 0.3) is 0 Å². The number of Topliss-reactive ketones (excluding diaryl/α,β-unsaturated/α-hetero) is 1. The largest absolute Gasteiger partial charge is 0.293 e. The number of rotatable bonds is 7. The van der Waals surface area contributed by atoms with E-state index in [1.165, 1.54) is 0 Å². The highest BCUT2D eigenvalue weighted by molar-refractivity contribution is 7.92. The molecule has 2 aromatic rings. The van der Waals surface area contributed by atoms with Crippen molar-refractivity contribution in [3.63, 3.8) is 0 Å². The van der Waals surface area contributed by atoms with Gasteiger partial charge in [-0.3, -0.25) is 10.1 Å². The molecule has 3 rings (SSSR count). The predicted molar refractivity (Wildman–Crippen MR) is 108 cm³/mol. The number of carbonyl (C=O) groups is 1. The van der Waals surface area contributed by atoms with Crippen molar-refractivity contribution < 1.29 is 13.2 Å². The van der Waals surface area contributed by atoms with Crippen LogP contribution in [-0.4, -0.2) is 26.1 Å². The molecular formula is C22H27NO3S. The monoisotopic (exact) mass is 385 g/mol. The van der Waals surface area contributed by atoms with Crippen LogP contribution in [0.4, 0.5) is 0 Å². The fourth-order valence-electron chi connectivity index (χ4n) is 3.76. The van der Waals surface area contributed by atoms with E-state index in [1.807, 2.05) is 37.3 Å². The van der Waals surface area contributed by atoms with Gasteiger partial charge in [0, 0.05) is 5.56 Å². The van der Waals surface area contributed by atoms with Crippen LogP contribution in [0.2, 0.25) is 0 Å². The smallest absolute Gasteiger partial charge is 0.194 e. The van der Waals surface area contributed by atoms with E-state index in [2.05, 4.69) is 5.32 Å². The third-order valence-electron chi connectivity index (χ3n) is 5.32. The first-order chi connectivity index (χ1) is 13.0. The highest BCUT2D eigenvalue weighted by Crippen LogP contribution is 2.31. The van der Waals surface area contributed by atoms with Crippen molar-refractivity contribution in [3.05, 3.63) is 65.7 Å². The first-order valence-electron chi connectivity index (χ1n) is 9.60. The van der Waals surface area contributed by atoms with E-state index in [-0.39, 0.29) is 18.2 Å². The molecule has 0 radical (unpaired) electrons. The molecule has 1 aliphatic rings. The summed E-state index contributed by atoms with van der Waals surface area (Å²) in [6, 6.07) is 16.0. The Labute approximate surface area is 161 Å². The Balaban J connectivity index is 1.82. The number of sulfone groups is 1. The Morgan fingerprint density at radius 3 is 2.26 bits per heavy atom. The molecule has 144 valence electrons. The number of carbonyl (C=O) groups excluding carboxylic acids is 1. The maximum Gasteiger partial charge on any atom is 0.194 e. The van der Waals surface area contributed by atoms with Crippen molar-refractivity contribution in [1.29, 1.82) is 0 Å². The molecule has 1 atom stereocenters. The molecule has 0 amide bonds. The van der Waals surface area contributed by atoms with Crippen LogP contribution >= 0.6 is 0 Å². The molecule has 1 unspecified atom stereocenters. The molecule has 0 aromatic heterocycles. The van der Waals surface area contributed by atoms with Gasteiger partial charge in [-0.15, -0.1) is 0 Å². The van der Waals surface area contributed by atoms with Crippen molar-refractivity contribution in [2.75, 3.05) is 6.54 Å². The van der Waals surface area contributed by atoms with Crippen molar-refractivity contribution in [1.82, 2.24) is 5.32 Å². The SMILES string of the molecule is Cc1ccc(S(=O)(=O)C(NCC(=O)c2ccccc2)C2CCCCC2)cc1. The van der Waals surface area contributed by atoms with Gasteiger partial charge in [0.05, 0.1) is 11.4 Å². The van der Waals surface area contributed by atoms with Gasteiger partial charge in [0.15, 0.2) is 15.6 Å². The minimum absolute atomic E-state index is 0.0241. The minimum atomic E-state index is -3.56. The Hall–Kier alpha value is -1.98. The standard InChI is InChI=1S/C22H27NO3S/c1-17-12-14-20(15-13-17)27(25,26)22(19-10-6-3-7-11-19)23-16-21(24)18-8-4-2-5-9-18/h2,4-5,8-9,12-15,19,22-23H,3,6-7,10-11,16H2,1H3. The first-order valence-corrected chi connectivity index (χ1v) is 11.2. The number of ketones is 1. The predicted octanol–water partition coefficient (Wildman–Crippen LogP) is 4.15. The maximum absolute atomic E-state index is 13.3. The van der Waals surface area contributed by atoms with E-state index in [0.717, 1.165) is 37.7 Å². The van der Waals surface area contributed by atoms with Gasteiger partial charge in [0.1, 0.15) is 5.37 Å². The average Bonchev–Trinajstić information content (AvgIpc) is 2.69. The van der Waals surface area contributed by atoms with Crippen LogP contribution in [0.5, 0.6) is 0 Å². The zero-order valence-corrected chi connectivity index (χ0v) is 16.5. The Morgan fingerprint density at radius 1 is 1.00 bits per heavy atom. The highest BCUT2D eigenvalue weighted by Gasteiger charge is 2.35. The molecule has 4 nitrogen and oxygen atoms in total. The van der Waals surface area contributed by atoms with Crippen LogP contribution in [-0.2, 0) is 9.84 Å². The van der Waals surface area contributed by atoms with E-state index in [4.69, 9.17) is 0 Å². The Bertz CT molecular complexity index is 854. The van der Waals surface area contributed by atoms with Gasteiger partial charge in [0.2, 0.25) is 0 Å². The van der Waals surface area contributed by atoms with Gasteiger partial charge < -0.3 is 0 Å². The fourth-order valence-corrected chi connectivity index (χ4v) is 5.65. The summed E-state index contributed by atoms with van der Waals surface area (Å²) in [7, 11) is -3.56. The molecule has 0 aliphatic heterocycles. The summed E-state index contributed by atoms with van der Waals surface area (Å²) >= 11 is 0. The lowest BCUT2D eigenvalue weighted by atomic mass is 9.89. The summed E-state index contributed by atoms with van der Waals surface area (Å²) < 4.78 is 26.6. The molecule has 1 saturated carbocycles. The summed E-state index contributed by atoms with van der Waals surface area (Å²) in [6.07, 6.45) is 4.99. The van der Waals surface area contributed by atoms with Crippen LogP contribution in [0, 0.1) is 12.8 Å². The number of benzene rings is 2. The average molecular weight is 386 g/mol. The number of aryl methyl sites for hydroxylation is 1. The first kappa shape index (κ1) is 19.8. The van der Waals surface area contributed by atoms with Crippen LogP contribution in [0.3, 0.4) is 0 Å². The molecule has 1 aliphatic carbocycles. The zero-order chi connectivity index (χ0) is 19.3. The normalized spacial score (nSPS) is 16.8. The second-order valence-corrected chi connectivity index (χ2v) is 9.42. The molecule has 0 saturated heterocycles. The summed E-state index contributed by atoms with van der Waals surface area (Å²) in [5.41, 5.74) is 1.62. The van der Waals surface area contributed by atoms with Crippen LogP contribution in [0.1, 0.15) is 48.0 Å². The molecule has 0 bridgehead atoms. The molecule has 0 heterocycles. The van der Waals surface area contributed by atoms with Gasteiger partial charge >= 0.3 is 0 Å². The maximum atomic E-state index is 13.3. The Kier molecular flexibility index (Phi) is 6.45. The van der Waals surface area contributed by atoms with E-state index >= 15 is 0 Å². The van der Waals surface area contributed by atoms with Gasteiger partial charge in [-0.25, -0.2) is 8.42 Å². The van der Waals surface area contributed by atoms with Crippen molar-refractivity contribution in [2.45, 2.75) is 49.3 Å². The quantitative estimate of drug-likeness (QED) is 0.728. The third-order valence-corrected chi connectivity index (χ3v) is 7.47. The number of hydrogen-bond acceptors (Lipinski definition) is 4. The third kappa shape index (κ3) is 4.85. The molecule has 1 fully saturated rings. The van der Waals surface area contributed by atoms with Crippen LogP contribution in [0.15, 0.2) is 59.5 Å². The lowest BCUT2D eigenvalue weighted by Crippen LogP contribution is -2.45. The minimum Gasteiger partial charge on any atom is -0.293 e. The van der Waals surface area contributed by atoms with Gasteiger partial charge in [0.25, 0.3) is 0 Å². The van der Waals surface area contributed by atoms with E-state index in [1.54, 1.807) is 24.3 Å². The zero-order valence-electron chi connectivity index (χ0n) is 15.7. The number of hydrogen-bond donors (Lipinski definition) is 1. The molecule has 27 heavy (non-hydrogen) atoms. The van der Waals surface area contributed by atoms with Crippen LogP contribution < -0.4 is 5.32 Å². The summed E-state index contributed by atoms with van der Waals surface area (Å²) in [6.45, 7) is 1.96. The lowest BCUT2D eigenvalue weighted by Gasteiger charge is -2.30. The van der Waals surface area contributed by atoms with Gasteiger partial charge in [-0.05, 0) is 37.8 Å². The summed E-state index contributed by atoms with van der Waals surface area (Å²) in [5.74, 6) is -0.0517. The lowest BCUT2D eigenvalue weighted by molar-refractivity contribution is 0.0987. The number of nitrogens with one attached hydrogen (secondary N) is 1. The van der Waals surface area contributed by atoms with Crippen molar-refractivity contribution >= 4 is 15.6 Å². The van der Waals surface area contributed by atoms with Crippen molar-refractivity contribution in [2.24, 2.45) is 5.92 Å².